The summed E-state index contributed by atoms with van der Waals surface area (Å²) in [6, 6.07) is 6.34. The minimum absolute atomic E-state index is 0.0403. The van der Waals surface area contributed by atoms with Crippen LogP contribution in [0.1, 0.15) is 51.1 Å². The Bertz CT molecular complexity index is 1080. The van der Waals surface area contributed by atoms with Gasteiger partial charge in [-0.2, -0.15) is 0 Å². The van der Waals surface area contributed by atoms with Crippen LogP contribution >= 0.6 is 11.3 Å². The van der Waals surface area contributed by atoms with Crippen molar-refractivity contribution < 1.29 is 14.3 Å². The summed E-state index contributed by atoms with van der Waals surface area (Å²) < 4.78 is 6.60. The largest absolute Gasteiger partial charge is 0.462 e. The van der Waals surface area contributed by atoms with Gasteiger partial charge in [-0.1, -0.05) is 13.3 Å². The maximum atomic E-state index is 12.7. The normalized spacial score (nSPS) is 10.8. The van der Waals surface area contributed by atoms with Crippen LogP contribution in [0.4, 0.5) is 5.69 Å². The van der Waals surface area contributed by atoms with E-state index in [4.69, 9.17) is 4.74 Å². The highest BCUT2D eigenvalue weighted by Crippen LogP contribution is 2.18. The molecule has 0 fully saturated rings. The summed E-state index contributed by atoms with van der Waals surface area (Å²) >= 11 is 1.40. The second-order valence-corrected chi connectivity index (χ2v) is 7.54. The summed E-state index contributed by atoms with van der Waals surface area (Å²) in [5.74, 6) is -0.948. The molecule has 3 aromatic rings. The molecular formula is C20H21N3O4S. The van der Waals surface area contributed by atoms with Gasteiger partial charge in [0.2, 0.25) is 0 Å². The van der Waals surface area contributed by atoms with E-state index in [1.54, 1.807) is 24.3 Å². The lowest BCUT2D eigenvalue weighted by Gasteiger charge is -2.07. The number of nitrogens with zero attached hydrogens (tertiary/aromatic N) is 2. The van der Waals surface area contributed by atoms with Crippen molar-refractivity contribution >= 4 is 33.9 Å². The number of esters is 1. The van der Waals surface area contributed by atoms with E-state index in [1.807, 2.05) is 20.8 Å². The van der Waals surface area contributed by atoms with E-state index in [9.17, 15) is 14.4 Å². The first kappa shape index (κ1) is 19.8. The van der Waals surface area contributed by atoms with Crippen molar-refractivity contribution in [2.24, 2.45) is 0 Å². The lowest BCUT2D eigenvalue weighted by molar-refractivity contribution is 0.0499. The van der Waals surface area contributed by atoms with Crippen molar-refractivity contribution in [3.8, 4) is 0 Å². The first-order chi connectivity index (χ1) is 13.4. The number of hydrogen-bond donors (Lipinski definition) is 1. The number of hydrogen-bond acceptors (Lipinski definition) is 6. The average Bonchev–Trinajstić information content (AvgIpc) is 2.97. The number of unbranched alkanes of at least 4 members (excludes halogenated alkanes) is 1. The molecule has 0 aliphatic rings. The van der Waals surface area contributed by atoms with Gasteiger partial charge < -0.3 is 10.1 Å². The van der Waals surface area contributed by atoms with Crippen molar-refractivity contribution in [3.63, 3.8) is 0 Å². The smallest absolute Gasteiger partial charge is 0.338 e. The fourth-order valence-corrected chi connectivity index (χ4v) is 3.54. The van der Waals surface area contributed by atoms with Gasteiger partial charge in [-0.05, 0) is 44.5 Å². The van der Waals surface area contributed by atoms with Crippen molar-refractivity contribution in [1.29, 1.82) is 0 Å². The third-order valence-electron chi connectivity index (χ3n) is 4.37. The first-order valence-electron chi connectivity index (χ1n) is 8.98. The molecular weight excluding hydrogens is 378 g/mol. The predicted octanol–water partition coefficient (Wildman–Crippen LogP) is 3.58. The zero-order valence-electron chi connectivity index (χ0n) is 15.9. The molecule has 1 aromatic carbocycles. The molecule has 7 nitrogen and oxygen atoms in total. The molecule has 146 valence electrons. The summed E-state index contributed by atoms with van der Waals surface area (Å²) in [5, 5.41) is 2.67. The molecule has 0 spiro atoms. The molecule has 0 saturated carbocycles. The molecule has 0 bridgehead atoms. The zero-order chi connectivity index (χ0) is 20.3. The third kappa shape index (κ3) is 3.96. The van der Waals surface area contributed by atoms with Crippen molar-refractivity contribution in [3.05, 3.63) is 62.5 Å². The van der Waals surface area contributed by atoms with Crippen LogP contribution in [0, 0.1) is 13.8 Å². The van der Waals surface area contributed by atoms with E-state index in [0.29, 0.717) is 22.8 Å². The van der Waals surface area contributed by atoms with Gasteiger partial charge in [0.25, 0.3) is 11.5 Å². The van der Waals surface area contributed by atoms with Crippen LogP contribution in [0.25, 0.3) is 4.96 Å². The van der Waals surface area contributed by atoms with Gasteiger partial charge in [0.05, 0.1) is 12.2 Å². The molecule has 0 aliphatic heterocycles. The van der Waals surface area contributed by atoms with Crippen LogP contribution in [0.2, 0.25) is 0 Å². The number of nitrogens with one attached hydrogen (secondary N) is 1. The van der Waals surface area contributed by atoms with Gasteiger partial charge in [-0.15, -0.1) is 11.3 Å². The molecule has 2 heterocycles. The number of aromatic nitrogens is 2. The van der Waals surface area contributed by atoms with E-state index in [0.717, 1.165) is 23.4 Å². The molecule has 1 amide bonds. The van der Waals surface area contributed by atoms with Crippen LogP contribution in [-0.4, -0.2) is 27.9 Å². The fraction of sp³-hybridized carbons (Fsp3) is 0.300. The molecule has 2 aromatic heterocycles. The van der Waals surface area contributed by atoms with Crippen LogP contribution in [0.3, 0.4) is 0 Å². The maximum Gasteiger partial charge on any atom is 0.338 e. The maximum absolute atomic E-state index is 12.7. The Morgan fingerprint density at radius 3 is 2.61 bits per heavy atom. The Labute approximate surface area is 166 Å². The van der Waals surface area contributed by atoms with Crippen LogP contribution in [0.5, 0.6) is 0 Å². The fourth-order valence-electron chi connectivity index (χ4n) is 2.61. The molecule has 8 heteroatoms. The molecule has 3 rings (SSSR count). The van der Waals surface area contributed by atoms with E-state index in [-0.39, 0.29) is 5.56 Å². The molecule has 0 atom stereocenters. The van der Waals surface area contributed by atoms with Gasteiger partial charge in [0.1, 0.15) is 5.56 Å². The highest BCUT2D eigenvalue weighted by atomic mass is 32.1. The quantitative estimate of drug-likeness (QED) is 0.505. The van der Waals surface area contributed by atoms with E-state index in [1.165, 1.54) is 21.9 Å². The molecule has 0 aliphatic carbocycles. The Morgan fingerprint density at radius 2 is 1.93 bits per heavy atom. The Balaban J connectivity index is 1.75. The highest BCUT2D eigenvalue weighted by Gasteiger charge is 2.17. The SMILES string of the molecule is CCCCOC(=O)c1ccc(NC(=O)c2cnc3sc(C)c(C)n3c2=O)cc1. The molecule has 0 saturated heterocycles. The summed E-state index contributed by atoms with van der Waals surface area (Å²) in [6.45, 7) is 6.13. The van der Waals surface area contributed by atoms with Gasteiger partial charge in [-0.25, -0.2) is 9.78 Å². The Kier molecular flexibility index (Phi) is 5.89. The number of fused-ring (bicyclic) bond motifs is 1. The summed E-state index contributed by atoms with van der Waals surface area (Å²) in [5.41, 5.74) is 1.21. The minimum atomic E-state index is -0.548. The third-order valence-corrected chi connectivity index (χ3v) is 5.44. The number of benzene rings is 1. The van der Waals surface area contributed by atoms with Crippen LogP contribution < -0.4 is 10.9 Å². The van der Waals surface area contributed by atoms with Crippen molar-refractivity contribution in [2.45, 2.75) is 33.6 Å². The van der Waals surface area contributed by atoms with Gasteiger partial charge in [0.15, 0.2) is 4.96 Å². The predicted molar refractivity (Wildman–Crippen MR) is 108 cm³/mol. The Hall–Kier alpha value is -3.00. The average molecular weight is 399 g/mol. The van der Waals surface area contributed by atoms with Crippen molar-refractivity contribution in [2.75, 3.05) is 11.9 Å². The summed E-state index contributed by atoms with van der Waals surface area (Å²) in [6.07, 6.45) is 3.06. The monoisotopic (exact) mass is 399 g/mol. The van der Waals surface area contributed by atoms with Crippen LogP contribution in [-0.2, 0) is 4.74 Å². The lowest BCUT2D eigenvalue weighted by Crippen LogP contribution is -2.26. The van der Waals surface area contributed by atoms with Gasteiger partial charge in [0, 0.05) is 22.5 Å². The number of amides is 1. The van der Waals surface area contributed by atoms with Crippen LogP contribution in [0.15, 0.2) is 35.3 Å². The topological polar surface area (TPSA) is 89.8 Å². The van der Waals surface area contributed by atoms with Gasteiger partial charge >= 0.3 is 5.97 Å². The molecule has 0 unspecified atom stereocenters. The standard InChI is InChI=1S/C20H21N3O4S/c1-4-5-10-27-19(26)14-6-8-15(9-7-14)22-17(24)16-11-21-20-23(18(16)25)12(2)13(3)28-20/h6-9,11H,4-5,10H2,1-3H3,(H,22,24). The number of carbonyl (C=O) groups is 2. The highest BCUT2D eigenvalue weighted by molar-refractivity contribution is 7.17. The second kappa shape index (κ2) is 8.35. The minimum Gasteiger partial charge on any atom is -0.462 e. The molecule has 0 radical (unpaired) electrons. The van der Waals surface area contributed by atoms with E-state index < -0.39 is 17.4 Å². The lowest BCUT2D eigenvalue weighted by atomic mass is 10.2. The Morgan fingerprint density at radius 1 is 1.21 bits per heavy atom. The van der Waals surface area contributed by atoms with Crippen molar-refractivity contribution in [1.82, 2.24) is 9.38 Å². The molecule has 1 N–H and O–H groups in total. The first-order valence-corrected chi connectivity index (χ1v) is 9.80. The molecule has 28 heavy (non-hydrogen) atoms. The second-order valence-electron chi connectivity index (χ2n) is 6.36. The number of ether oxygens (including phenoxy) is 1. The summed E-state index contributed by atoms with van der Waals surface area (Å²) in [4.78, 5) is 42.9. The number of anilines is 1. The summed E-state index contributed by atoms with van der Waals surface area (Å²) in [7, 11) is 0. The van der Waals surface area contributed by atoms with E-state index in [2.05, 4.69) is 10.3 Å². The van der Waals surface area contributed by atoms with Gasteiger partial charge in [-0.3, -0.25) is 14.0 Å². The number of rotatable bonds is 6. The number of carbonyl (C=O) groups excluding carboxylic acids is 2. The number of thiazole rings is 1. The zero-order valence-corrected chi connectivity index (χ0v) is 16.8. The number of aryl methyl sites for hydroxylation is 2. The van der Waals surface area contributed by atoms with E-state index >= 15 is 0 Å².